The van der Waals surface area contributed by atoms with Crippen LogP contribution in [-0.2, 0) is 4.74 Å². The largest absolute Gasteiger partial charge is 0.476 e. The van der Waals surface area contributed by atoms with Crippen molar-refractivity contribution < 1.29 is 4.74 Å². The monoisotopic (exact) mass is 421 g/mol. The molecule has 1 rings (SSSR count). The number of hydrogen-bond acceptors (Lipinski definition) is 4. The van der Waals surface area contributed by atoms with Gasteiger partial charge in [-0.25, -0.2) is 0 Å². The number of rotatable bonds is 7. The molecular formula is C17H32IN3O. The highest BCUT2D eigenvalue weighted by atomic mass is 127. The fraction of sp³-hybridized carbons (Fsp3) is 0.882. The van der Waals surface area contributed by atoms with E-state index in [4.69, 9.17) is 4.74 Å². The van der Waals surface area contributed by atoms with Gasteiger partial charge < -0.3 is 9.64 Å². The predicted molar refractivity (Wildman–Crippen MR) is 104 cm³/mol. The summed E-state index contributed by atoms with van der Waals surface area (Å²) in [5, 5.41) is 0. The third-order valence-electron chi connectivity index (χ3n) is 4.91. The molecule has 0 aromatic carbocycles. The number of hydrogen-bond donors (Lipinski definition) is 0. The van der Waals surface area contributed by atoms with Gasteiger partial charge in [0.25, 0.3) is 0 Å². The topological polar surface area (TPSA) is 37.2 Å². The quantitative estimate of drug-likeness (QED) is 0.265. The summed E-state index contributed by atoms with van der Waals surface area (Å²) in [6.45, 7) is 9.75. The molecule has 0 aromatic rings. The molecule has 2 unspecified atom stereocenters. The SMILES string of the molecule is CCCCCCO/C(=N/I)C(=NC)C1(C)CN(C)CCC1C. The first-order valence-corrected chi connectivity index (χ1v) is 9.44. The van der Waals surface area contributed by atoms with Crippen molar-refractivity contribution in [2.24, 2.45) is 19.5 Å². The minimum atomic E-state index is 0.00910. The number of ether oxygens (including phenoxy) is 1. The summed E-state index contributed by atoms with van der Waals surface area (Å²) >= 11 is 2.04. The molecule has 0 bridgehead atoms. The van der Waals surface area contributed by atoms with Crippen molar-refractivity contribution in [3.05, 3.63) is 0 Å². The molecule has 4 nitrogen and oxygen atoms in total. The van der Waals surface area contributed by atoms with Gasteiger partial charge in [0.2, 0.25) is 5.90 Å². The van der Waals surface area contributed by atoms with Gasteiger partial charge in [-0.2, -0.15) is 3.21 Å². The molecule has 0 amide bonds. The van der Waals surface area contributed by atoms with E-state index in [9.17, 15) is 0 Å². The second-order valence-corrected chi connectivity index (χ2v) is 7.20. The van der Waals surface area contributed by atoms with Gasteiger partial charge in [-0.15, -0.1) is 0 Å². The molecule has 0 radical (unpaired) electrons. The maximum atomic E-state index is 5.99. The van der Waals surface area contributed by atoms with E-state index in [0.717, 1.165) is 37.7 Å². The van der Waals surface area contributed by atoms with E-state index in [-0.39, 0.29) is 5.41 Å². The number of nitrogens with zero attached hydrogens (tertiary/aromatic N) is 3. The van der Waals surface area contributed by atoms with Gasteiger partial charge in [0.15, 0.2) is 0 Å². The van der Waals surface area contributed by atoms with Crippen molar-refractivity contribution in [3.8, 4) is 0 Å². The van der Waals surface area contributed by atoms with Gasteiger partial charge >= 0.3 is 0 Å². The Kier molecular flexibility index (Phi) is 8.90. The fourth-order valence-electron chi connectivity index (χ4n) is 3.26. The Morgan fingerprint density at radius 2 is 2.09 bits per heavy atom. The average Bonchev–Trinajstić information content (AvgIpc) is 2.50. The summed E-state index contributed by atoms with van der Waals surface area (Å²) in [4.78, 5) is 6.97. The zero-order chi connectivity index (χ0) is 16.6. The first-order valence-electron chi connectivity index (χ1n) is 8.47. The highest BCUT2D eigenvalue weighted by Gasteiger charge is 2.42. The standard InChI is InChI=1S/C17H32IN3O/c1-6-7-8-9-12-22-16(20-18)15(19-4)17(3)13-21(5)11-10-14(17)2/h14H,6-13H2,1-5H3/b19-15?,20-16+. The van der Waals surface area contributed by atoms with Gasteiger partial charge in [-0.05, 0) is 32.4 Å². The molecule has 22 heavy (non-hydrogen) atoms. The summed E-state index contributed by atoms with van der Waals surface area (Å²) in [5.74, 6) is 1.31. The number of likely N-dealkylation sites (tertiary alicyclic amines) is 1. The first-order chi connectivity index (χ1) is 10.5. The third-order valence-corrected chi connectivity index (χ3v) is 5.35. The van der Waals surface area contributed by atoms with Crippen LogP contribution in [0.3, 0.4) is 0 Å². The average molecular weight is 421 g/mol. The minimum Gasteiger partial charge on any atom is -0.476 e. The van der Waals surface area contributed by atoms with Crippen molar-refractivity contribution >= 4 is 34.5 Å². The Morgan fingerprint density at radius 3 is 2.68 bits per heavy atom. The number of unbranched alkanes of at least 4 members (excludes halogenated alkanes) is 3. The number of aliphatic imine (C=N–C) groups is 1. The van der Waals surface area contributed by atoms with Crippen LogP contribution in [0.4, 0.5) is 0 Å². The maximum absolute atomic E-state index is 5.99. The summed E-state index contributed by atoms with van der Waals surface area (Å²) in [6, 6.07) is 0. The van der Waals surface area contributed by atoms with Crippen LogP contribution in [0.25, 0.3) is 0 Å². The number of halogens is 1. The molecule has 0 aliphatic carbocycles. The van der Waals surface area contributed by atoms with Crippen LogP contribution in [0, 0.1) is 11.3 Å². The second-order valence-electron chi connectivity index (χ2n) is 6.72. The van der Waals surface area contributed by atoms with Crippen LogP contribution < -0.4 is 0 Å². The molecule has 1 fully saturated rings. The Labute approximate surface area is 150 Å². The zero-order valence-electron chi connectivity index (χ0n) is 14.9. The molecule has 0 saturated carbocycles. The van der Waals surface area contributed by atoms with Crippen molar-refractivity contribution in [2.75, 3.05) is 33.8 Å². The third kappa shape index (κ3) is 5.18. The van der Waals surface area contributed by atoms with E-state index >= 15 is 0 Å². The minimum absolute atomic E-state index is 0.00910. The van der Waals surface area contributed by atoms with Crippen LogP contribution in [0.2, 0.25) is 0 Å². The van der Waals surface area contributed by atoms with Crippen LogP contribution in [0.15, 0.2) is 8.20 Å². The lowest BCUT2D eigenvalue weighted by molar-refractivity contribution is 0.123. The molecule has 2 atom stereocenters. The van der Waals surface area contributed by atoms with E-state index in [1.807, 2.05) is 29.9 Å². The Bertz CT molecular complexity index is 397. The first kappa shape index (κ1) is 19.9. The van der Waals surface area contributed by atoms with Crippen molar-refractivity contribution in [3.63, 3.8) is 0 Å². The van der Waals surface area contributed by atoms with E-state index < -0.39 is 0 Å². The van der Waals surface area contributed by atoms with Gasteiger partial charge in [-0.3, -0.25) is 4.99 Å². The molecule has 0 aromatic heterocycles. The zero-order valence-corrected chi connectivity index (χ0v) is 17.0. The lowest BCUT2D eigenvalue weighted by Crippen LogP contribution is -2.51. The van der Waals surface area contributed by atoms with Crippen molar-refractivity contribution in [1.82, 2.24) is 4.90 Å². The molecule has 1 saturated heterocycles. The Morgan fingerprint density at radius 1 is 1.36 bits per heavy atom. The van der Waals surface area contributed by atoms with Crippen LogP contribution >= 0.6 is 22.9 Å². The van der Waals surface area contributed by atoms with E-state index in [1.54, 1.807) is 0 Å². The lowest BCUT2D eigenvalue weighted by Gasteiger charge is -2.44. The van der Waals surface area contributed by atoms with E-state index in [0.29, 0.717) is 5.92 Å². The Hall–Kier alpha value is -0.170. The van der Waals surface area contributed by atoms with Crippen LogP contribution in [0.1, 0.15) is 52.9 Å². The summed E-state index contributed by atoms with van der Waals surface area (Å²) in [6.07, 6.45) is 6.02. The molecule has 1 heterocycles. The van der Waals surface area contributed by atoms with Crippen LogP contribution in [0.5, 0.6) is 0 Å². The van der Waals surface area contributed by atoms with Gasteiger partial charge in [0.05, 0.1) is 29.5 Å². The summed E-state index contributed by atoms with van der Waals surface area (Å²) in [5.41, 5.74) is 1.03. The lowest BCUT2D eigenvalue weighted by atomic mass is 9.70. The predicted octanol–water partition coefficient (Wildman–Crippen LogP) is 4.38. The summed E-state index contributed by atoms with van der Waals surface area (Å²) in [7, 11) is 4.05. The molecular weight excluding hydrogens is 389 g/mol. The molecule has 1 aliphatic rings. The second kappa shape index (κ2) is 9.85. The van der Waals surface area contributed by atoms with Gasteiger partial charge in [0, 0.05) is 19.0 Å². The van der Waals surface area contributed by atoms with Gasteiger partial charge in [-0.1, -0.05) is 40.0 Å². The summed E-state index contributed by atoms with van der Waals surface area (Å²) < 4.78 is 10.4. The Balaban J connectivity index is 2.75. The maximum Gasteiger partial charge on any atom is 0.241 e. The number of piperidine rings is 1. The van der Waals surface area contributed by atoms with Gasteiger partial charge in [0.1, 0.15) is 5.71 Å². The fourth-order valence-corrected chi connectivity index (χ4v) is 3.63. The smallest absolute Gasteiger partial charge is 0.241 e. The normalized spacial score (nSPS) is 28.0. The van der Waals surface area contributed by atoms with E-state index in [1.165, 1.54) is 25.7 Å². The highest BCUT2D eigenvalue weighted by molar-refractivity contribution is 14.1. The van der Waals surface area contributed by atoms with Crippen molar-refractivity contribution in [2.45, 2.75) is 52.9 Å². The van der Waals surface area contributed by atoms with E-state index in [2.05, 4.69) is 40.9 Å². The molecule has 128 valence electrons. The van der Waals surface area contributed by atoms with Crippen molar-refractivity contribution in [1.29, 1.82) is 0 Å². The molecule has 5 heteroatoms. The molecule has 1 aliphatic heterocycles. The van der Waals surface area contributed by atoms with Crippen LogP contribution in [-0.4, -0.2) is 50.3 Å². The molecule has 0 N–H and O–H groups in total. The molecule has 0 spiro atoms. The highest BCUT2D eigenvalue weighted by Crippen LogP contribution is 2.37.